The molecule has 0 fully saturated rings. The topological polar surface area (TPSA) is 47.0 Å². The summed E-state index contributed by atoms with van der Waals surface area (Å²) in [6.07, 6.45) is 6.59. The Balaban J connectivity index is 2.09. The fraction of sp³-hybridized carbons (Fsp3) is 0.333. The summed E-state index contributed by atoms with van der Waals surface area (Å²) in [5, 5.41) is 3.47. The van der Waals surface area contributed by atoms with Gasteiger partial charge in [0.05, 0.1) is 23.7 Å². The third-order valence-electron chi connectivity index (χ3n) is 3.27. The highest BCUT2D eigenvalue weighted by Gasteiger charge is 2.22. The second kappa shape index (κ2) is 5.36. The van der Waals surface area contributed by atoms with Crippen LogP contribution >= 0.6 is 0 Å². The predicted octanol–water partition coefficient (Wildman–Crippen LogP) is 2.58. The summed E-state index contributed by atoms with van der Waals surface area (Å²) < 4.78 is 5.72. The molecule has 1 atom stereocenters. The van der Waals surface area contributed by atoms with Gasteiger partial charge in [0.25, 0.3) is 0 Å². The van der Waals surface area contributed by atoms with Gasteiger partial charge in [-0.3, -0.25) is 9.97 Å². The van der Waals surface area contributed by atoms with Crippen LogP contribution in [0, 0.1) is 0 Å². The summed E-state index contributed by atoms with van der Waals surface area (Å²) in [4.78, 5) is 8.83. The third-order valence-corrected chi connectivity index (χ3v) is 3.27. The zero-order valence-electron chi connectivity index (χ0n) is 11.0. The Morgan fingerprint density at radius 1 is 1.32 bits per heavy atom. The van der Waals surface area contributed by atoms with Crippen LogP contribution in [0.25, 0.3) is 11.0 Å². The molecule has 4 heteroatoms. The largest absolute Gasteiger partial charge is 0.496 e. The number of ether oxygens (including phenoxy) is 1. The molecule has 0 radical (unpaired) electrons. The molecular weight excluding hydrogens is 238 g/mol. The van der Waals surface area contributed by atoms with Crippen LogP contribution in [-0.2, 0) is 4.74 Å². The minimum absolute atomic E-state index is 0.0629. The summed E-state index contributed by atoms with van der Waals surface area (Å²) >= 11 is 0. The molecule has 0 saturated carbocycles. The van der Waals surface area contributed by atoms with Gasteiger partial charge in [-0.2, -0.15) is 0 Å². The molecule has 2 heterocycles. The van der Waals surface area contributed by atoms with Crippen molar-refractivity contribution in [2.45, 2.75) is 19.4 Å². The highest BCUT2D eigenvalue weighted by molar-refractivity contribution is 5.78. The molecule has 0 spiro atoms. The first-order valence-electron chi connectivity index (χ1n) is 6.66. The molecule has 98 valence electrons. The average Bonchev–Trinajstić information content (AvgIpc) is 2.98. The van der Waals surface area contributed by atoms with Crippen LogP contribution in [0.15, 0.2) is 42.4 Å². The first-order chi connectivity index (χ1) is 9.40. The zero-order valence-corrected chi connectivity index (χ0v) is 11.0. The number of benzene rings is 1. The van der Waals surface area contributed by atoms with Crippen LogP contribution in [0.3, 0.4) is 0 Å². The van der Waals surface area contributed by atoms with E-state index in [9.17, 15) is 0 Å². The smallest absolute Gasteiger partial charge is 0.114 e. The van der Waals surface area contributed by atoms with Crippen molar-refractivity contribution in [3.8, 4) is 0 Å². The molecule has 0 saturated heterocycles. The minimum atomic E-state index is 0.0629. The van der Waals surface area contributed by atoms with Crippen molar-refractivity contribution in [3.05, 3.63) is 48.0 Å². The number of hydrogen-bond acceptors (Lipinski definition) is 4. The second-order valence-corrected chi connectivity index (χ2v) is 4.51. The number of aromatic nitrogens is 2. The Labute approximate surface area is 112 Å². The maximum atomic E-state index is 5.72. The standard InChI is InChI=1S/C15H17N3O/c1-2-16-15(13-7-4-10-19-13)11-5-3-6-12-14(11)18-9-8-17-12/h3,5-9,15-16H,2,4,10H2,1H3. The molecule has 1 aliphatic heterocycles. The molecule has 0 amide bonds. The van der Waals surface area contributed by atoms with Gasteiger partial charge in [-0.15, -0.1) is 0 Å². The molecule has 1 aromatic carbocycles. The fourth-order valence-corrected chi connectivity index (χ4v) is 2.45. The number of para-hydroxylation sites is 1. The van der Waals surface area contributed by atoms with Crippen molar-refractivity contribution in [2.75, 3.05) is 13.2 Å². The van der Waals surface area contributed by atoms with Gasteiger partial charge >= 0.3 is 0 Å². The predicted molar refractivity (Wildman–Crippen MR) is 74.6 cm³/mol. The summed E-state index contributed by atoms with van der Waals surface area (Å²) in [6, 6.07) is 6.16. The molecule has 4 nitrogen and oxygen atoms in total. The Hall–Kier alpha value is -1.94. The van der Waals surface area contributed by atoms with Crippen LogP contribution in [0.5, 0.6) is 0 Å². The van der Waals surface area contributed by atoms with Gasteiger partial charge in [-0.25, -0.2) is 0 Å². The summed E-state index contributed by atoms with van der Waals surface area (Å²) in [6.45, 7) is 3.75. The van der Waals surface area contributed by atoms with E-state index >= 15 is 0 Å². The van der Waals surface area contributed by atoms with E-state index in [4.69, 9.17) is 4.74 Å². The maximum absolute atomic E-state index is 5.72. The van der Waals surface area contributed by atoms with Gasteiger partial charge in [-0.1, -0.05) is 19.1 Å². The van der Waals surface area contributed by atoms with Crippen molar-refractivity contribution in [1.82, 2.24) is 15.3 Å². The molecule has 19 heavy (non-hydrogen) atoms. The second-order valence-electron chi connectivity index (χ2n) is 4.51. The lowest BCUT2D eigenvalue weighted by Crippen LogP contribution is -2.23. The molecule has 2 aromatic rings. The Bertz CT molecular complexity index is 604. The normalized spacial score (nSPS) is 16.2. The first-order valence-corrected chi connectivity index (χ1v) is 6.66. The van der Waals surface area contributed by atoms with Crippen molar-refractivity contribution in [3.63, 3.8) is 0 Å². The zero-order chi connectivity index (χ0) is 13.1. The lowest BCUT2D eigenvalue weighted by atomic mass is 10.0. The van der Waals surface area contributed by atoms with Crippen molar-refractivity contribution in [2.24, 2.45) is 0 Å². The number of nitrogens with zero attached hydrogens (tertiary/aromatic N) is 2. The first kappa shape index (κ1) is 12.1. The quantitative estimate of drug-likeness (QED) is 0.912. The summed E-state index contributed by atoms with van der Waals surface area (Å²) in [5.41, 5.74) is 2.98. The monoisotopic (exact) mass is 255 g/mol. The number of fused-ring (bicyclic) bond motifs is 1. The number of rotatable bonds is 4. The molecule has 1 aliphatic rings. The van der Waals surface area contributed by atoms with Gasteiger partial charge in [0.15, 0.2) is 0 Å². The van der Waals surface area contributed by atoms with Crippen LogP contribution in [0.2, 0.25) is 0 Å². The maximum Gasteiger partial charge on any atom is 0.114 e. The lowest BCUT2D eigenvalue weighted by molar-refractivity contribution is 0.216. The summed E-state index contributed by atoms with van der Waals surface area (Å²) in [7, 11) is 0. The van der Waals surface area contributed by atoms with E-state index in [1.807, 2.05) is 12.1 Å². The Morgan fingerprint density at radius 2 is 2.21 bits per heavy atom. The molecule has 0 aliphatic carbocycles. The average molecular weight is 255 g/mol. The van der Waals surface area contributed by atoms with E-state index in [2.05, 4.69) is 34.4 Å². The fourth-order valence-electron chi connectivity index (χ4n) is 2.45. The van der Waals surface area contributed by atoms with E-state index < -0.39 is 0 Å². The van der Waals surface area contributed by atoms with Crippen LogP contribution in [0.4, 0.5) is 0 Å². The molecule has 1 aromatic heterocycles. The van der Waals surface area contributed by atoms with Crippen LogP contribution in [0.1, 0.15) is 24.9 Å². The van der Waals surface area contributed by atoms with Gasteiger partial charge in [0.1, 0.15) is 5.76 Å². The highest BCUT2D eigenvalue weighted by Crippen LogP contribution is 2.29. The van der Waals surface area contributed by atoms with Gasteiger partial charge in [0.2, 0.25) is 0 Å². The third kappa shape index (κ3) is 2.31. The van der Waals surface area contributed by atoms with E-state index in [1.165, 1.54) is 0 Å². The Morgan fingerprint density at radius 3 is 3.00 bits per heavy atom. The number of likely N-dealkylation sites (N-methyl/N-ethyl adjacent to an activating group) is 1. The SMILES string of the molecule is CCNC(C1=CCCO1)c1cccc2nccnc12. The van der Waals surface area contributed by atoms with Gasteiger partial charge < -0.3 is 10.1 Å². The molecule has 1 unspecified atom stereocenters. The van der Waals surface area contributed by atoms with Crippen LogP contribution in [-0.4, -0.2) is 23.1 Å². The van der Waals surface area contributed by atoms with Gasteiger partial charge in [-0.05, 0) is 18.7 Å². The molecule has 0 bridgehead atoms. The lowest BCUT2D eigenvalue weighted by Gasteiger charge is -2.20. The summed E-state index contributed by atoms with van der Waals surface area (Å²) in [5.74, 6) is 1.00. The Kier molecular flexibility index (Phi) is 3.42. The minimum Gasteiger partial charge on any atom is -0.496 e. The van der Waals surface area contributed by atoms with E-state index in [1.54, 1.807) is 12.4 Å². The van der Waals surface area contributed by atoms with Crippen molar-refractivity contribution in [1.29, 1.82) is 0 Å². The number of hydrogen-bond donors (Lipinski definition) is 1. The molecule has 3 rings (SSSR count). The number of nitrogens with one attached hydrogen (secondary N) is 1. The van der Waals surface area contributed by atoms with Crippen molar-refractivity contribution < 1.29 is 4.74 Å². The highest BCUT2D eigenvalue weighted by atomic mass is 16.5. The van der Waals surface area contributed by atoms with E-state index in [0.29, 0.717) is 0 Å². The van der Waals surface area contributed by atoms with Crippen molar-refractivity contribution >= 4 is 11.0 Å². The van der Waals surface area contributed by atoms with E-state index in [-0.39, 0.29) is 6.04 Å². The van der Waals surface area contributed by atoms with E-state index in [0.717, 1.165) is 41.9 Å². The molecular formula is C15H17N3O. The van der Waals surface area contributed by atoms with Gasteiger partial charge in [0, 0.05) is 24.4 Å². The molecule has 1 N–H and O–H groups in total. The van der Waals surface area contributed by atoms with Crippen LogP contribution < -0.4 is 5.32 Å².